The fourth-order valence-electron chi connectivity index (χ4n) is 0.875. The van der Waals surface area contributed by atoms with E-state index in [0.29, 0.717) is 12.3 Å². The first-order chi connectivity index (χ1) is 6.95. The molecule has 0 fully saturated rings. The Morgan fingerprint density at radius 3 is 2.67 bits per heavy atom. The third kappa shape index (κ3) is 2.86. The topological polar surface area (TPSA) is 53.1 Å². The molecule has 15 heavy (non-hydrogen) atoms. The molecule has 80 valence electrons. The van der Waals surface area contributed by atoms with Crippen LogP contribution >= 0.6 is 0 Å². The molecule has 0 saturated carbocycles. The van der Waals surface area contributed by atoms with Gasteiger partial charge >= 0.3 is 6.18 Å². The lowest BCUT2D eigenvalue weighted by Crippen LogP contribution is -2.14. The zero-order valence-electron chi connectivity index (χ0n) is 7.35. The van der Waals surface area contributed by atoms with Gasteiger partial charge < -0.3 is 10.1 Å². The molecule has 0 atom stereocenters. The van der Waals surface area contributed by atoms with Crippen molar-refractivity contribution in [1.29, 1.82) is 0 Å². The summed E-state index contributed by atoms with van der Waals surface area (Å²) >= 11 is 0. The Bertz CT molecular complexity index is 465. The SMILES string of the molecule is O=c1[nH]cc(C(F)(F)F)cc1C#CCO. The van der Waals surface area contributed by atoms with Crippen molar-refractivity contribution < 1.29 is 18.3 Å². The molecule has 1 rings (SSSR count). The maximum absolute atomic E-state index is 12.2. The van der Waals surface area contributed by atoms with Gasteiger partial charge in [0.25, 0.3) is 5.56 Å². The van der Waals surface area contributed by atoms with Crippen molar-refractivity contribution >= 4 is 0 Å². The van der Waals surface area contributed by atoms with Crippen molar-refractivity contribution in [3.8, 4) is 11.8 Å². The van der Waals surface area contributed by atoms with Crippen molar-refractivity contribution in [2.45, 2.75) is 6.18 Å². The molecule has 0 unspecified atom stereocenters. The number of hydrogen-bond acceptors (Lipinski definition) is 2. The van der Waals surface area contributed by atoms with Gasteiger partial charge in [0.2, 0.25) is 0 Å². The molecule has 0 saturated heterocycles. The standard InChI is InChI=1S/C9H6F3NO2/c10-9(11,12)7-4-6(2-1-3-14)8(15)13-5-7/h4-5,14H,3H2,(H,13,15). The average Bonchev–Trinajstić information content (AvgIpc) is 2.15. The van der Waals surface area contributed by atoms with E-state index in [-0.39, 0.29) is 5.56 Å². The highest BCUT2D eigenvalue weighted by Gasteiger charge is 2.31. The summed E-state index contributed by atoms with van der Waals surface area (Å²) in [5.74, 6) is 4.23. The van der Waals surface area contributed by atoms with Crippen molar-refractivity contribution in [2.24, 2.45) is 0 Å². The van der Waals surface area contributed by atoms with Gasteiger partial charge in [0, 0.05) is 6.20 Å². The van der Waals surface area contributed by atoms with Crippen molar-refractivity contribution in [3.63, 3.8) is 0 Å². The summed E-state index contributed by atoms with van der Waals surface area (Å²) in [6.07, 6.45) is -3.95. The predicted molar refractivity (Wildman–Crippen MR) is 46.0 cm³/mol. The molecule has 0 bridgehead atoms. The summed E-state index contributed by atoms with van der Waals surface area (Å²) in [5.41, 5.74) is -2.02. The van der Waals surface area contributed by atoms with E-state index in [1.807, 2.05) is 4.98 Å². The molecule has 0 spiro atoms. The van der Waals surface area contributed by atoms with E-state index in [4.69, 9.17) is 5.11 Å². The molecule has 1 aromatic rings. The first-order valence-electron chi connectivity index (χ1n) is 3.85. The maximum Gasteiger partial charge on any atom is 0.417 e. The van der Waals surface area contributed by atoms with Gasteiger partial charge in [0.15, 0.2) is 0 Å². The second kappa shape index (κ2) is 4.19. The quantitative estimate of drug-likeness (QED) is 0.629. The lowest BCUT2D eigenvalue weighted by molar-refractivity contribution is -0.137. The van der Waals surface area contributed by atoms with Crippen LogP contribution in [0.4, 0.5) is 13.2 Å². The van der Waals surface area contributed by atoms with Crippen LogP contribution in [0.3, 0.4) is 0 Å². The number of aliphatic hydroxyl groups is 1. The van der Waals surface area contributed by atoms with Gasteiger partial charge in [0.1, 0.15) is 6.61 Å². The first kappa shape index (κ1) is 11.3. The zero-order chi connectivity index (χ0) is 11.5. The van der Waals surface area contributed by atoms with Crippen molar-refractivity contribution in [1.82, 2.24) is 4.98 Å². The lowest BCUT2D eigenvalue weighted by atomic mass is 10.2. The Morgan fingerprint density at radius 2 is 2.13 bits per heavy atom. The molecule has 1 aromatic heterocycles. The fourth-order valence-corrected chi connectivity index (χ4v) is 0.875. The van der Waals surface area contributed by atoms with Crippen LogP contribution < -0.4 is 5.56 Å². The third-order valence-corrected chi connectivity index (χ3v) is 1.53. The highest BCUT2D eigenvalue weighted by atomic mass is 19.4. The molecule has 0 amide bonds. The molecular formula is C9H6F3NO2. The molecule has 0 aliphatic carbocycles. The number of aromatic amines is 1. The van der Waals surface area contributed by atoms with Crippen LogP contribution in [-0.2, 0) is 6.18 Å². The van der Waals surface area contributed by atoms with E-state index >= 15 is 0 Å². The van der Waals surface area contributed by atoms with Crippen LogP contribution in [0.2, 0.25) is 0 Å². The third-order valence-electron chi connectivity index (χ3n) is 1.53. The Kier molecular flexibility index (Phi) is 3.17. The van der Waals surface area contributed by atoms with Gasteiger partial charge in [-0.25, -0.2) is 0 Å². The molecule has 0 radical (unpaired) electrons. The number of H-pyrrole nitrogens is 1. The summed E-state index contributed by atoms with van der Waals surface area (Å²) in [7, 11) is 0. The van der Waals surface area contributed by atoms with Gasteiger partial charge in [-0.15, -0.1) is 0 Å². The van der Waals surface area contributed by atoms with Crippen LogP contribution in [0.1, 0.15) is 11.1 Å². The van der Waals surface area contributed by atoms with E-state index < -0.39 is 23.9 Å². The fraction of sp³-hybridized carbons (Fsp3) is 0.222. The van der Waals surface area contributed by atoms with E-state index in [2.05, 4.69) is 11.8 Å². The monoisotopic (exact) mass is 217 g/mol. The zero-order valence-corrected chi connectivity index (χ0v) is 7.35. The second-order valence-electron chi connectivity index (χ2n) is 2.59. The van der Waals surface area contributed by atoms with Crippen LogP contribution in [0.5, 0.6) is 0 Å². The van der Waals surface area contributed by atoms with Crippen LogP contribution in [0, 0.1) is 11.8 Å². The van der Waals surface area contributed by atoms with E-state index in [9.17, 15) is 18.0 Å². The van der Waals surface area contributed by atoms with Gasteiger partial charge in [-0.3, -0.25) is 4.79 Å². The van der Waals surface area contributed by atoms with Crippen LogP contribution in [0.25, 0.3) is 0 Å². The Hall–Kier alpha value is -1.74. The highest BCUT2D eigenvalue weighted by molar-refractivity contribution is 5.35. The molecule has 0 aromatic carbocycles. The predicted octanol–water partition coefficient (Wildman–Crippen LogP) is 0.738. The van der Waals surface area contributed by atoms with Crippen LogP contribution in [0.15, 0.2) is 17.1 Å². The number of aliphatic hydroxyl groups excluding tert-OH is 1. The number of aromatic nitrogens is 1. The maximum atomic E-state index is 12.2. The van der Waals surface area contributed by atoms with Gasteiger partial charge in [-0.05, 0) is 6.07 Å². The van der Waals surface area contributed by atoms with E-state index in [0.717, 1.165) is 0 Å². The van der Waals surface area contributed by atoms with E-state index in [1.165, 1.54) is 0 Å². The lowest BCUT2D eigenvalue weighted by Gasteiger charge is -2.05. The first-order valence-corrected chi connectivity index (χ1v) is 3.85. The Morgan fingerprint density at radius 1 is 1.47 bits per heavy atom. The number of hydrogen-bond donors (Lipinski definition) is 2. The largest absolute Gasteiger partial charge is 0.417 e. The van der Waals surface area contributed by atoms with Crippen molar-refractivity contribution in [2.75, 3.05) is 6.61 Å². The highest BCUT2D eigenvalue weighted by Crippen LogP contribution is 2.28. The molecule has 0 aliphatic heterocycles. The van der Waals surface area contributed by atoms with Gasteiger partial charge in [0.05, 0.1) is 11.1 Å². The van der Waals surface area contributed by atoms with Gasteiger partial charge in [-0.2, -0.15) is 13.2 Å². The second-order valence-corrected chi connectivity index (χ2v) is 2.59. The minimum absolute atomic E-state index is 0.320. The van der Waals surface area contributed by atoms with E-state index in [1.54, 1.807) is 0 Å². The summed E-state index contributed by atoms with van der Waals surface area (Å²) in [5, 5.41) is 8.34. The summed E-state index contributed by atoms with van der Waals surface area (Å²) in [6.45, 7) is -0.518. The Labute approximate surface area is 82.6 Å². The molecular weight excluding hydrogens is 211 g/mol. The van der Waals surface area contributed by atoms with Gasteiger partial charge in [-0.1, -0.05) is 11.8 Å². The normalized spacial score (nSPS) is 10.7. The summed E-state index contributed by atoms with van der Waals surface area (Å²) in [6, 6.07) is 0.640. The minimum atomic E-state index is -4.53. The van der Waals surface area contributed by atoms with Crippen LogP contribution in [-0.4, -0.2) is 16.7 Å². The Balaban J connectivity index is 3.23. The summed E-state index contributed by atoms with van der Waals surface area (Å²) in [4.78, 5) is 12.9. The minimum Gasteiger partial charge on any atom is -0.384 e. The number of halogens is 3. The molecule has 1 heterocycles. The number of rotatable bonds is 0. The molecule has 2 N–H and O–H groups in total. The van der Waals surface area contributed by atoms with Crippen molar-refractivity contribution in [3.05, 3.63) is 33.7 Å². The number of pyridine rings is 1. The number of alkyl halides is 3. The molecule has 6 heteroatoms. The summed E-state index contributed by atoms with van der Waals surface area (Å²) < 4.78 is 36.6. The number of nitrogens with one attached hydrogen (secondary N) is 1. The molecule has 3 nitrogen and oxygen atoms in total. The molecule has 0 aliphatic rings. The average molecular weight is 217 g/mol. The smallest absolute Gasteiger partial charge is 0.384 e.